The molecule has 0 aliphatic carbocycles. The average molecular weight is 312 g/mol. The highest BCUT2D eigenvalue weighted by Crippen LogP contribution is 2.36. The van der Waals surface area contributed by atoms with Gasteiger partial charge in [-0.25, -0.2) is 0 Å². The number of benzene rings is 1. The lowest BCUT2D eigenvalue weighted by atomic mass is 10.2. The topological polar surface area (TPSA) is 47.1 Å². The summed E-state index contributed by atoms with van der Waals surface area (Å²) < 4.78 is 8.25. The zero-order chi connectivity index (χ0) is 15.3. The van der Waals surface area contributed by atoms with Crippen molar-refractivity contribution in [2.24, 2.45) is 5.73 Å². The number of anilines is 1. The quantitative estimate of drug-likeness (QED) is 0.790. The van der Waals surface area contributed by atoms with Gasteiger partial charge in [0.1, 0.15) is 0 Å². The van der Waals surface area contributed by atoms with Crippen LogP contribution in [0.15, 0.2) is 30.3 Å². The van der Waals surface area contributed by atoms with Crippen LogP contribution in [0.5, 0.6) is 0 Å². The van der Waals surface area contributed by atoms with Crippen LogP contribution in [0.2, 0.25) is 0 Å². The summed E-state index contributed by atoms with van der Waals surface area (Å²) in [5.41, 5.74) is 9.79. The van der Waals surface area contributed by atoms with E-state index in [9.17, 15) is 0 Å². The van der Waals surface area contributed by atoms with Crippen molar-refractivity contribution in [1.82, 2.24) is 8.94 Å². The Balaban J connectivity index is 1.87. The van der Waals surface area contributed by atoms with Crippen LogP contribution in [0.3, 0.4) is 0 Å². The van der Waals surface area contributed by atoms with Gasteiger partial charge in [-0.05, 0) is 56.1 Å². The minimum Gasteiger partial charge on any atom is -0.369 e. The van der Waals surface area contributed by atoms with Crippen LogP contribution in [0.4, 0.5) is 5.69 Å². The number of fused-ring (bicyclic) bond motifs is 1. The molecule has 0 bridgehead atoms. The van der Waals surface area contributed by atoms with Gasteiger partial charge >= 0.3 is 0 Å². The summed E-state index contributed by atoms with van der Waals surface area (Å²) in [6.45, 7) is 6.23. The summed E-state index contributed by atoms with van der Waals surface area (Å²) in [6, 6.07) is 11.1. The molecule has 22 heavy (non-hydrogen) atoms. The van der Waals surface area contributed by atoms with E-state index in [2.05, 4.69) is 53.6 Å². The van der Waals surface area contributed by atoms with Crippen molar-refractivity contribution < 1.29 is 0 Å². The molecular weight excluding hydrogens is 292 g/mol. The highest BCUT2D eigenvalue weighted by Gasteiger charge is 2.22. The number of hydrogen-bond donors (Lipinski definition) is 1. The smallest absolute Gasteiger partial charge is 0.158 e. The van der Waals surface area contributed by atoms with Crippen LogP contribution in [0.25, 0.3) is 15.9 Å². The lowest BCUT2D eigenvalue weighted by Crippen LogP contribution is -2.26. The SMILES string of the molecule is Cc1ccc(C)n1-c1nsc2c(N3CCC(N)C3)cccc12. The first-order valence-corrected chi connectivity index (χ1v) is 8.47. The van der Waals surface area contributed by atoms with E-state index in [1.165, 1.54) is 27.2 Å². The zero-order valence-corrected chi connectivity index (χ0v) is 13.7. The van der Waals surface area contributed by atoms with Crippen molar-refractivity contribution in [1.29, 1.82) is 0 Å². The minimum atomic E-state index is 0.289. The van der Waals surface area contributed by atoms with E-state index in [0.717, 1.165) is 25.3 Å². The summed E-state index contributed by atoms with van der Waals surface area (Å²) in [5, 5.41) is 1.23. The van der Waals surface area contributed by atoms with Crippen molar-refractivity contribution in [2.45, 2.75) is 26.3 Å². The van der Waals surface area contributed by atoms with Crippen molar-refractivity contribution >= 4 is 27.3 Å². The summed E-state index contributed by atoms with van der Waals surface area (Å²) in [4.78, 5) is 2.39. The zero-order valence-electron chi connectivity index (χ0n) is 12.9. The maximum absolute atomic E-state index is 6.07. The molecule has 4 rings (SSSR count). The Labute approximate surface area is 134 Å². The van der Waals surface area contributed by atoms with Crippen LogP contribution < -0.4 is 10.6 Å². The predicted molar refractivity (Wildman–Crippen MR) is 93.2 cm³/mol. The number of aromatic nitrogens is 2. The second-order valence-electron chi connectivity index (χ2n) is 6.11. The summed E-state index contributed by atoms with van der Waals surface area (Å²) in [7, 11) is 0. The van der Waals surface area contributed by atoms with Crippen LogP contribution in [-0.4, -0.2) is 28.1 Å². The Morgan fingerprint density at radius 3 is 2.64 bits per heavy atom. The van der Waals surface area contributed by atoms with Gasteiger partial charge < -0.3 is 15.2 Å². The van der Waals surface area contributed by atoms with E-state index in [-0.39, 0.29) is 6.04 Å². The first-order valence-electron chi connectivity index (χ1n) is 7.69. The molecule has 114 valence electrons. The van der Waals surface area contributed by atoms with Crippen LogP contribution >= 0.6 is 11.5 Å². The lowest BCUT2D eigenvalue weighted by Gasteiger charge is -2.18. The Kier molecular flexibility index (Phi) is 3.20. The Morgan fingerprint density at radius 2 is 1.95 bits per heavy atom. The molecule has 1 atom stereocenters. The van der Waals surface area contributed by atoms with Gasteiger partial charge in [-0.1, -0.05) is 6.07 Å². The largest absolute Gasteiger partial charge is 0.369 e. The number of nitrogens with two attached hydrogens (primary N) is 1. The molecule has 1 aliphatic heterocycles. The third kappa shape index (κ3) is 2.04. The first-order chi connectivity index (χ1) is 10.6. The second kappa shape index (κ2) is 5.11. The number of nitrogens with zero attached hydrogens (tertiary/aromatic N) is 3. The molecule has 4 nitrogen and oxygen atoms in total. The minimum absolute atomic E-state index is 0.289. The number of aryl methyl sites for hydroxylation is 2. The molecule has 2 aromatic heterocycles. The lowest BCUT2D eigenvalue weighted by molar-refractivity contribution is 0.752. The molecule has 0 radical (unpaired) electrons. The van der Waals surface area contributed by atoms with Crippen molar-refractivity contribution in [3.63, 3.8) is 0 Å². The van der Waals surface area contributed by atoms with Gasteiger partial charge in [-0.2, -0.15) is 4.37 Å². The molecule has 5 heteroatoms. The summed E-state index contributed by atoms with van der Waals surface area (Å²) in [5.74, 6) is 1.05. The molecule has 3 heterocycles. The fourth-order valence-corrected chi connectivity index (χ4v) is 4.26. The fourth-order valence-electron chi connectivity index (χ4n) is 3.35. The van der Waals surface area contributed by atoms with E-state index in [4.69, 9.17) is 10.1 Å². The second-order valence-corrected chi connectivity index (χ2v) is 6.88. The molecule has 0 amide bonds. The molecule has 3 aromatic rings. The molecule has 1 saturated heterocycles. The van der Waals surface area contributed by atoms with Crippen LogP contribution in [-0.2, 0) is 0 Å². The summed E-state index contributed by atoms with van der Waals surface area (Å²) >= 11 is 1.59. The van der Waals surface area contributed by atoms with Crippen LogP contribution in [0.1, 0.15) is 17.8 Å². The predicted octanol–water partition coefficient (Wildman–Crippen LogP) is 3.24. The molecule has 1 aromatic carbocycles. The molecule has 2 N–H and O–H groups in total. The van der Waals surface area contributed by atoms with E-state index < -0.39 is 0 Å². The average Bonchev–Trinajstić information content (AvgIpc) is 3.19. The van der Waals surface area contributed by atoms with Crippen LogP contribution in [0, 0.1) is 13.8 Å². The van der Waals surface area contributed by atoms with Gasteiger partial charge in [-0.3, -0.25) is 0 Å². The fraction of sp³-hybridized carbons (Fsp3) is 0.353. The molecule has 1 aliphatic rings. The van der Waals surface area contributed by atoms with Gasteiger partial charge in [0, 0.05) is 35.9 Å². The number of rotatable bonds is 2. The molecule has 1 fully saturated rings. The normalized spacial score (nSPS) is 18.5. The Bertz CT molecular complexity index is 813. The van der Waals surface area contributed by atoms with Gasteiger partial charge in [0.25, 0.3) is 0 Å². The third-order valence-corrected chi connectivity index (χ3v) is 5.38. The van der Waals surface area contributed by atoms with Gasteiger partial charge in [-0.15, -0.1) is 0 Å². The van der Waals surface area contributed by atoms with E-state index >= 15 is 0 Å². The maximum Gasteiger partial charge on any atom is 0.158 e. The van der Waals surface area contributed by atoms with Gasteiger partial charge in [0.2, 0.25) is 0 Å². The Morgan fingerprint density at radius 1 is 1.18 bits per heavy atom. The van der Waals surface area contributed by atoms with Gasteiger partial charge in [0.15, 0.2) is 5.82 Å². The standard InChI is InChI=1S/C17H20N4S/c1-11-6-7-12(2)21(11)17-14-4-3-5-15(16(14)22-19-17)20-9-8-13(18)10-20/h3-7,13H,8-10,18H2,1-2H3. The molecular formula is C17H20N4S. The highest BCUT2D eigenvalue weighted by atomic mass is 32.1. The highest BCUT2D eigenvalue weighted by molar-refractivity contribution is 7.14. The molecule has 1 unspecified atom stereocenters. The third-order valence-electron chi connectivity index (χ3n) is 4.51. The maximum atomic E-state index is 6.07. The molecule has 0 saturated carbocycles. The monoisotopic (exact) mass is 312 g/mol. The Hall–Kier alpha value is -1.85. The van der Waals surface area contributed by atoms with E-state index in [1.54, 1.807) is 11.5 Å². The van der Waals surface area contributed by atoms with Crippen molar-refractivity contribution in [3.05, 3.63) is 41.7 Å². The van der Waals surface area contributed by atoms with Crippen molar-refractivity contribution in [3.8, 4) is 5.82 Å². The van der Waals surface area contributed by atoms with Gasteiger partial charge in [0.05, 0.1) is 10.4 Å². The van der Waals surface area contributed by atoms with E-state index in [0.29, 0.717) is 0 Å². The molecule has 0 spiro atoms. The number of hydrogen-bond acceptors (Lipinski definition) is 4. The van der Waals surface area contributed by atoms with E-state index in [1.807, 2.05) is 0 Å². The summed E-state index contributed by atoms with van der Waals surface area (Å²) in [6.07, 6.45) is 1.07. The van der Waals surface area contributed by atoms with Crippen molar-refractivity contribution in [2.75, 3.05) is 18.0 Å². The first kappa shape index (κ1) is 13.8.